The van der Waals surface area contributed by atoms with E-state index in [1.807, 2.05) is 0 Å². The highest BCUT2D eigenvalue weighted by molar-refractivity contribution is 7.80. The predicted octanol–water partition coefficient (Wildman–Crippen LogP) is 4.23. The number of halogens is 2. The van der Waals surface area contributed by atoms with Crippen molar-refractivity contribution in [2.24, 2.45) is 11.7 Å². The van der Waals surface area contributed by atoms with Gasteiger partial charge in [-0.1, -0.05) is 45.3 Å². The molecule has 0 amide bonds. The van der Waals surface area contributed by atoms with Gasteiger partial charge >= 0.3 is 0 Å². The highest BCUT2D eigenvalue weighted by atomic mass is 32.1. The van der Waals surface area contributed by atoms with Crippen molar-refractivity contribution in [3.8, 4) is 0 Å². The normalized spacial score (nSPS) is 12.2. The summed E-state index contributed by atoms with van der Waals surface area (Å²) in [4.78, 5) is -0.137. The first-order chi connectivity index (χ1) is 9.51. The molecule has 0 fully saturated rings. The van der Waals surface area contributed by atoms with Crippen LogP contribution in [0.3, 0.4) is 0 Å². The van der Waals surface area contributed by atoms with Crippen molar-refractivity contribution < 1.29 is 8.78 Å². The summed E-state index contributed by atoms with van der Waals surface area (Å²) in [6.07, 6.45) is 4.40. The van der Waals surface area contributed by atoms with Gasteiger partial charge in [0.25, 0.3) is 0 Å². The minimum atomic E-state index is -0.982. The first kappa shape index (κ1) is 16.8. The molecule has 0 bridgehead atoms. The van der Waals surface area contributed by atoms with Gasteiger partial charge in [-0.3, -0.25) is 0 Å². The van der Waals surface area contributed by atoms with E-state index in [4.69, 9.17) is 5.73 Å². The van der Waals surface area contributed by atoms with Crippen LogP contribution in [0.5, 0.6) is 0 Å². The van der Waals surface area contributed by atoms with Crippen LogP contribution in [-0.4, -0.2) is 11.5 Å². The Morgan fingerprint density at radius 1 is 1.30 bits per heavy atom. The van der Waals surface area contributed by atoms with E-state index in [0.29, 0.717) is 12.5 Å². The van der Waals surface area contributed by atoms with Gasteiger partial charge in [-0.2, -0.15) is 0 Å². The number of hydrogen-bond donors (Lipinski definition) is 2. The minimum absolute atomic E-state index is 0.0546. The fraction of sp³-hybridized carbons (Fsp3) is 0.533. The summed E-state index contributed by atoms with van der Waals surface area (Å²) in [6, 6.07) is 2.90. The Kier molecular flexibility index (Phi) is 6.85. The number of nitrogens with one attached hydrogen (secondary N) is 1. The molecule has 1 aromatic carbocycles. The van der Waals surface area contributed by atoms with E-state index < -0.39 is 11.6 Å². The maximum absolute atomic E-state index is 13.9. The molecule has 0 aliphatic carbocycles. The van der Waals surface area contributed by atoms with Crippen LogP contribution in [0.2, 0.25) is 0 Å². The van der Waals surface area contributed by atoms with E-state index in [1.54, 1.807) is 0 Å². The highest BCUT2D eigenvalue weighted by Gasteiger charge is 2.15. The van der Waals surface area contributed by atoms with E-state index in [-0.39, 0.29) is 16.2 Å². The summed E-state index contributed by atoms with van der Waals surface area (Å²) in [5.41, 5.74) is 5.45. The van der Waals surface area contributed by atoms with Gasteiger partial charge in [-0.15, -0.1) is 0 Å². The van der Waals surface area contributed by atoms with Gasteiger partial charge in [0.1, 0.15) is 4.99 Å². The van der Waals surface area contributed by atoms with E-state index in [0.717, 1.165) is 25.7 Å². The maximum atomic E-state index is 13.9. The van der Waals surface area contributed by atoms with Crippen molar-refractivity contribution in [1.82, 2.24) is 0 Å². The third-order valence-corrected chi connectivity index (χ3v) is 3.69. The predicted molar refractivity (Wildman–Crippen MR) is 84.0 cm³/mol. The molecule has 0 radical (unpaired) electrons. The number of anilines is 1. The lowest BCUT2D eigenvalue weighted by atomic mass is 9.99. The zero-order valence-electron chi connectivity index (χ0n) is 12.0. The Bertz CT molecular complexity index is 463. The molecular weight excluding hydrogens is 278 g/mol. The summed E-state index contributed by atoms with van der Waals surface area (Å²) in [6.45, 7) is 4.89. The zero-order chi connectivity index (χ0) is 15.1. The van der Waals surface area contributed by atoms with Crippen molar-refractivity contribution in [1.29, 1.82) is 0 Å². The van der Waals surface area contributed by atoms with Crippen LogP contribution < -0.4 is 11.1 Å². The molecule has 0 saturated heterocycles. The molecule has 112 valence electrons. The Labute approximate surface area is 124 Å². The summed E-state index contributed by atoms with van der Waals surface area (Å²) in [7, 11) is 0. The molecule has 1 unspecified atom stereocenters. The fourth-order valence-electron chi connectivity index (χ4n) is 2.07. The van der Waals surface area contributed by atoms with Crippen molar-refractivity contribution in [2.45, 2.75) is 39.5 Å². The molecular formula is C15H22F2N2S. The average molecular weight is 300 g/mol. The van der Waals surface area contributed by atoms with Gasteiger partial charge in [0.2, 0.25) is 0 Å². The van der Waals surface area contributed by atoms with Crippen LogP contribution in [0.1, 0.15) is 45.1 Å². The smallest absolute Gasteiger partial charge is 0.182 e. The molecule has 0 aromatic heterocycles. The van der Waals surface area contributed by atoms with Crippen molar-refractivity contribution in [3.05, 3.63) is 29.3 Å². The van der Waals surface area contributed by atoms with Crippen LogP contribution in [-0.2, 0) is 0 Å². The quantitative estimate of drug-likeness (QED) is 0.706. The van der Waals surface area contributed by atoms with Crippen LogP contribution >= 0.6 is 12.2 Å². The molecule has 3 N–H and O–H groups in total. The number of thiocarbonyl (C=S) groups is 1. The number of rotatable bonds is 8. The fourth-order valence-corrected chi connectivity index (χ4v) is 2.23. The Balaban J connectivity index is 2.73. The molecule has 20 heavy (non-hydrogen) atoms. The molecule has 1 rings (SSSR count). The second kappa shape index (κ2) is 8.15. The van der Waals surface area contributed by atoms with Gasteiger partial charge in [-0.25, -0.2) is 8.78 Å². The second-order valence-electron chi connectivity index (χ2n) is 4.95. The molecule has 0 saturated carbocycles. The topological polar surface area (TPSA) is 38.0 Å². The van der Waals surface area contributed by atoms with Gasteiger partial charge in [0.15, 0.2) is 11.6 Å². The SMILES string of the molecule is CCCCC(CC)CNc1ccc(C(N)=S)c(F)c1F. The number of hydrogen-bond acceptors (Lipinski definition) is 2. The van der Waals surface area contributed by atoms with E-state index in [1.165, 1.54) is 12.1 Å². The van der Waals surface area contributed by atoms with Crippen LogP contribution in [0.4, 0.5) is 14.5 Å². The monoisotopic (exact) mass is 300 g/mol. The van der Waals surface area contributed by atoms with E-state index in [9.17, 15) is 8.78 Å². The first-order valence-corrected chi connectivity index (χ1v) is 7.43. The van der Waals surface area contributed by atoms with Gasteiger partial charge in [0.05, 0.1) is 5.69 Å². The summed E-state index contributed by atoms with van der Waals surface area (Å²) in [5.74, 6) is -1.43. The van der Waals surface area contributed by atoms with Crippen LogP contribution in [0, 0.1) is 17.6 Å². The lowest BCUT2D eigenvalue weighted by Crippen LogP contribution is -2.17. The third kappa shape index (κ3) is 4.40. The van der Waals surface area contributed by atoms with Crippen molar-refractivity contribution >= 4 is 22.9 Å². The zero-order valence-corrected chi connectivity index (χ0v) is 12.8. The summed E-state index contributed by atoms with van der Waals surface area (Å²) < 4.78 is 27.6. The lowest BCUT2D eigenvalue weighted by Gasteiger charge is -2.17. The van der Waals surface area contributed by atoms with Gasteiger partial charge in [0, 0.05) is 12.1 Å². The Morgan fingerprint density at radius 3 is 2.55 bits per heavy atom. The summed E-state index contributed by atoms with van der Waals surface area (Å²) >= 11 is 4.68. The Morgan fingerprint density at radius 2 is 2.00 bits per heavy atom. The number of nitrogens with two attached hydrogens (primary N) is 1. The second-order valence-corrected chi connectivity index (χ2v) is 5.39. The molecule has 0 heterocycles. The van der Waals surface area contributed by atoms with E-state index >= 15 is 0 Å². The lowest BCUT2D eigenvalue weighted by molar-refractivity contribution is 0.469. The average Bonchev–Trinajstić information content (AvgIpc) is 2.43. The molecule has 5 heteroatoms. The molecule has 0 aliphatic heterocycles. The standard InChI is InChI=1S/C15H22F2N2S/c1-3-5-6-10(4-2)9-19-12-8-7-11(15(18)20)13(16)14(12)17/h7-8,10,19H,3-6,9H2,1-2H3,(H2,18,20). The largest absolute Gasteiger partial charge is 0.389 e. The van der Waals surface area contributed by atoms with Gasteiger partial charge in [-0.05, 0) is 24.5 Å². The van der Waals surface area contributed by atoms with Crippen LogP contribution in [0.25, 0.3) is 0 Å². The third-order valence-electron chi connectivity index (χ3n) is 3.47. The Hall–Kier alpha value is -1.23. The van der Waals surface area contributed by atoms with Crippen molar-refractivity contribution in [3.63, 3.8) is 0 Å². The summed E-state index contributed by atoms with van der Waals surface area (Å²) in [5, 5.41) is 2.98. The minimum Gasteiger partial charge on any atom is -0.389 e. The molecule has 1 aromatic rings. The molecule has 1 atom stereocenters. The van der Waals surface area contributed by atoms with E-state index in [2.05, 4.69) is 31.4 Å². The van der Waals surface area contributed by atoms with Gasteiger partial charge < -0.3 is 11.1 Å². The van der Waals surface area contributed by atoms with Crippen molar-refractivity contribution in [2.75, 3.05) is 11.9 Å². The first-order valence-electron chi connectivity index (χ1n) is 7.02. The van der Waals surface area contributed by atoms with Crippen LogP contribution in [0.15, 0.2) is 12.1 Å². The molecule has 0 aliphatic rings. The molecule has 0 spiro atoms. The maximum Gasteiger partial charge on any atom is 0.182 e. The molecule has 2 nitrogen and oxygen atoms in total. The highest BCUT2D eigenvalue weighted by Crippen LogP contribution is 2.22. The number of unbranched alkanes of at least 4 members (excludes halogenated alkanes) is 1. The number of benzene rings is 1.